The highest BCUT2D eigenvalue weighted by atomic mass is 32.1. The molecule has 3 aromatic rings. The van der Waals surface area contributed by atoms with Crippen molar-refractivity contribution in [3.05, 3.63) is 70.0 Å². The number of hydrogen-bond acceptors (Lipinski definition) is 6. The number of nitrogens with one attached hydrogen (secondary N) is 2. The molecule has 0 saturated carbocycles. The van der Waals surface area contributed by atoms with E-state index in [0.717, 1.165) is 16.9 Å². The summed E-state index contributed by atoms with van der Waals surface area (Å²) in [7, 11) is 1.31. The standard InChI is InChI=1S/C20H18N2O5S/c1-11-10-16(22-18(23)15-8-5-9-27-15)28-17(11)19(24)21-14-7-4-6-13(12(14)2)20(25)26-3/h4-10H,1-3H3,(H,21,24)(H,22,23). The van der Waals surface area contributed by atoms with Gasteiger partial charge in [-0.05, 0) is 55.3 Å². The van der Waals surface area contributed by atoms with Gasteiger partial charge in [0.05, 0.1) is 28.8 Å². The van der Waals surface area contributed by atoms with Crippen LogP contribution in [-0.2, 0) is 4.74 Å². The van der Waals surface area contributed by atoms with E-state index < -0.39 is 5.97 Å². The molecule has 0 aliphatic rings. The van der Waals surface area contributed by atoms with Gasteiger partial charge in [-0.2, -0.15) is 0 Å². The lowest BCUT2D eigenvalue weighted by molar-refractivity contribution is 0.0599. The number of aryl methyl sites for hydroxylation is 1. The Kier molecular flexibility index (Phi) is 5.60. The summed E-state index contributed by atoms with van der Waals surface area (Å²) in [6.45, 7) is 3.52. The third-order valence-corrected chi connectivity index (χ3v) is 5.24. The number of esters is 1. The van der Waals surface area contributed by atoms with Gasteiger partial charge in [-0.1, -0.05) is 6.07 Å². The molecule has 2 aromatic heterocycles. The van der Waals surface area contributed by atoms with Crippen LogP contribution in [0.1, 0.15) is 41.7 Å². The van der Waals surface area contributed by atoms with E-state index in [1.54, 1.807) is 50.2 Å². The van der Waals surface area contributed by atoms with Gasteiger partial charge in [0.2, 0.25) is 0 Å². The van der Waals surface area contributed by atoms with Gasteiger partial charge in [0.15, 0.2) is 5.76 Å². The zero-order valence-corrected chi connectivity index (χ0v) is 16.3. The van der Waals surface area contributed by atoms with Gasteiger partial charge in [-0.15, -0.1) is 11.3 Å². The number of rotatable bonds is 5. The first-order valence-corrected chi connectivity index (χ1v) is 9.17. The molecule has 144 valence electrons. The molecule has 2 amide bonds. The maximum Gasteiger partial charge on any atom is 0.338 e. The Hall–Kier alpha value is -3.39. The van der Waals surface area contributed by atoms with Crippen LogP contribution in [0.2, 0.25) is 0 Å². The number of anilines is 2. The summed E-state index contributed by atoms with van der Waals surface area (Å²) >= 11 is 1.16. The average molecular weight is 398 g/mol. The summed E-state index contributed by atoms with van der Waals surface area (Å²) in [5.41, 5.74) is 2.23. The molecule has 2 N–H and O–H groups in total. The Bertz CT molecular complexity index is 1040. The van der Waals surface area contributed by atoms with Gasteiger partial charge in [0, 0.05) is 5.69 Å². The third-order valence-electron chi connectivity index (χ3n) is 4.09. The second kappa shape index (κ2) is 8.10. The second-order valence-electron chi connectivity index (χ2n) is 5.98. The highest BCUT2D eigenvalue weighted by Crippen LogP contribution is 2.29. The van der Waals surface area contributed by atoms with Gasteiger partial charge < -0.3 is 19.8 Å². The molecule has 0 unspecified atom stereocenters. The van der Waals surface area contributed by atoms with Crippen molar-refractivity contribution < 1.29 is 23.5 Å². The van der Waals surface area contributed by atoms with E-state index in [2.05, 4.69) is 10.6 Å². The molecule has 0 aliphatic carbocycles. The minimum Gasteiger partial charge on any atom is -0.465 e. The third kappa shape index (κ3) is 3.96. The molecule has 3 rings (SSSR count). The SMILES string of the molecule is COC(=O)c1cccc(NC(=O)c2sc(NC(=O)c3ccco3)cc2C)c1C. The molecule has 1 aromatic carbocycles. The fraction of sp³-hybridized carbons (Fsp3) is 0.150. The summed E-state index contributed by atoms with van der Waals surface area (Å²) in [6.07, 6.45) is 1.41. The van der Waals surface area contributed by atoms with E-state index in [4.69, 9.17) is 9.15 Å². The molecular weight excluding hydrogens is 380 g/mol. The van der Waals surface area contributed by atoms with Crippen LogP contribution in [0, 0.1) is 13.8 Å². The van der Waals surface area contributed by atoms with E-state index in [1.165, 1.54) is 13.4 Å². The van der Waals surface area contributed by atoms with Crippen LogP contribution < -0.4 is 10.6 Å². The molecule has 28 heavy (non-hydrogen) atoms. The van der Waals surface area contributed by atoms with E-state index in [-0.39, 0.29) is 17.6 Å². The fourth-order valence-electron chi connectivity index (χ4n) is 2.63. The molecule has 2 heterocycles. The normalized spacial score (nSPS) is 10.4. The highest BCUT2D eigenvalue weighted by molar-refractivity contribution is 7.18. The van der Waals surface area contributed by atoms with Crippen LogP contribution in [0.25, 0.3) is 0 Å². The highest BCUT2D eigenvalue weighted by Gasteiger charge is 2.19. The molecule has 0 atom stereocenters. The summed E-state index contributed by atoms with van der Waals surface area (Å²) in [5, 5.41) is 6.06. The van der Waals surface area contributed by atoms with Crippen molar-refractivity contribution in [3.8, 4) is 0 Å². The molecule has 0 fully saturated rings. The van der Waals surface area contributed by atoms with Gasteiger partial charge >= 0.3 is 5.97 Å². The molecule has 0 saturated heterocycles. The van der Waals surface area contributed by atoms with Gasteiger partial charge in [0.1, 0.15) is 0 Å². The Balaban J connectivity index is 1.78. The van der Waals surface area contributed by atoms with E-state index in [1.807, 2.05) is 0 Å². The number of thiophene rings is 1. The number of carbonyl (C=O) groups excluding carboxylic acids is 3. The largest absolute Gasteiger partial charge is 0.465 e. The first-order valence-electron chi connectivity index (χ1n) is 8.35. The fourth-order valence-corrected chi connectivity index (χ4v) is 3.59. The lowest BCUT2D eigenvalue weighted by atomic mass is 10.1. The number of benzene rings is 1. The topological polar surface area (TPSA) is 97.6 Å². The summed E-state index contributed by atoms with van der Waals surface area (Å²) in [6, 6.07) is 9.92. The van der Waals surface area contributed by atoms with Gasteiger partial charge in [0.25, 0.3) is 11.8 Å². The summed E-state index contributed by atoms with van der Waals surface area (Å²) in [4.78, 5) is 37.1. The zero-order valence-electron chi connectivity index (χ0n) is 15.5. The number of ether oxygens (including phenoxy) is 1. The number of carbonyl (C=O) groups is 3. The molecule has 8 heteroatoms. The van der Waals surface area contributed by atoms with Crippen molar-refractivity contribution in [2.75, 3.05) is 17.7 Å². The summed E-state index contributed by atoms with van der Waals surface area (Å²) < 4.78 is 9.81. The minimum absolute atomic E-state index is 0.187. The first kappa shape index (κ1) is 19.4. The van der Waals surface area contributed by atoms with Crippen molar-refractivity contribution >= 4 is 39.8 Å². The number of methoxy groups -OCH3 is 1. The predicted octanol–water partition coefficient (Wildman–Crippen LogP) is 4.25. The molecule has 0 spiro atoms. The quantitative estimate of drug-likeness (QED) is 0.626. The van der Waals surface area contributed by atoms with Crippen LogP contribution in [0.15, 0.2) is 47.1 Å². The van der Waals surface area contributed by atoms with Crippen LogP contribution in [0.5, 0.6) is 0 Å². The van der Waals surface area contributed by atoms with Crippen molar-refractivity contribution in [2.45, 2.75) is 13.8 Å². The minimum atomic E-state index is -0.469. The van der Waals surface area contributed by atoms with Gasteiger partial charge in [-0.25, -0.2) is 4.79 Å². The van der Waals surface area contributed by atoms with Crippen molar-refractivity contribution in [3.63, 3.8) is 0 Å². The van der Waals surface area contributed by atoms with Crippen molar-refractivity contribution in [1.82, 2.24) is 0 Å². The van der Waals surface area contributed by atoms with E-state index in [0.29, 0.717) is 26.7 Å². The molecule has 0 radical (unpaired) electrons. The van der Waals surface area contributed by atoms with Gasteiger partial charge in [-0.3, -0.25) is 9.59 Å². The Morgan fingerprint density at radius 3 is 2.50 bits per heavy atom. The van der Waals surface area contributed by atoms with Crippen LogP contribution in [0.4, 0.5) is 10.7 Å². The second-order valence-corrected chi connectivity index (χ2v) is 7.03. The Morgan fingerprint density at radius 2 is 1.82 bits per heavy atom. The first-order chi connectivity index (χ1) is 13.4. The van der Waals surface area contributed by atoms with Crippen LogP contribution in [-0.4, -0.2) is 24.9 Å². The van der Waals surface area contributed by atoms with Crippen molar-refractivity contribution in [2.24, 2.45) is 0 Å². The van der Waals surface area contributed by atoms with Crippen LogP contribution >= 0.6 is 11.3 Å². The Morgan fingerprint density at radius 1 is 1.04 bits per heavy atom. The number of furan rings is 1. The Labute approximate surface area is 165 Å². The van der Waals surface area contributed by atoms with E-state index >= 15 is 0 Å². The monoisotopic (exact) mass is 398 g/mol. The predicted molar refractivity (Wildman–Crippen MR) is 106 cm³/mol. The molecular formula is C20H18N2O5S. The number of hydrogen-bond donors (Lipinski definition) is 2. The molecule has 0 aliphatic heterocycles. The molecule has 7 nitrogen and oxygen atoms in total. The zero-order chi connectivity index (χ0) is 20.3. The average Bonchev–Trinajstić information content (AvgIpc) is 3.32. The maximum absolute atomic E-state index is 12.7. The lowest BCUT2D eigenvalue weighted by Gasteiger charge is -2.11. The lowest BCUT2D eigenvalue weighted by Crippen LogP contribution is -2.14. The molecule has 0 bridgehead atoms. The maximum atomic E-state index is 12.7. The smallest absolute Gasteiger partial charge is 0.338 e. The van der Waals surface area contributed by atoms with Crippen LogP contribution in [0.3, 0.4) is 0 Å². The number of amides is 2. The van der Waals surface area contributed by atoms with Crippen molar-refractivity contribution in [1.29, 1.82) is 0 Å². The summed E-state index contributed by atoms with van der Waals surface area (Å²) in [5.74, 6) is -0.998. The van der Waals surface area contributed by atoms with E-state index in [9.17, 15) is 14.4 Å².